The van der Waals surface area contributed by atoms with Crippen LogP contribution in [-0.4, -0.2) is 19.1 Å². The summed E-state index contributed by atoms with van der Waals surface area (Å²) in [7, 11) is 3.35. The van der Waals surface area contributed by atoms with E-state index in [4.69, 9.17) is 0 Å². The van der Waals surface area contributed by atoms with Gasteiger partial charge >= 0.3 is 0 Å². The van der Waals surface area contributed by atoms with E-state index in [1.165, 1.54) is 4.90 Å². The van der Waals surface area contributed by atoms with Crippen molar-refractivity contribution in [2.24, 2.45) is 0 Å². The standard InChI is InChI=1S/C10H14F2N2/c1-6(2)9-7(11)5-8(12)10(13-9)14(3)4/h5-6H,1-4H3. The summed E-state index contributed by atoms with van der Waals surface area (Å²) in [6.07, 6.45) is 0. The quantitative estimate of drug-likeness (QED) is 0.729. The number of aromatic nitrogens is 1. The van der Waals surface area contributed by atoms with Crippen molar-refractivity contribution in [1.82, 2.24) is 4.98 Å². The van der Waals surface area contributed by atoms with Crippen LogP contribution in [0.5, 0.6) is 0 Å². The molecule has 0 aliphatic rings. The Kier molecular flexibility index (Phi) is 3.03. The van der Waals surface area contributed by atoms with Gasteiger partial charge in [0, 0.05) is 20.2 Å². The molecule has 4 heteroatoms. The number of nitrogens with zero attached hydrogens (tertiary/aromatic N) is 2. The topological polar surface area (TPSA) is 16.1 Å². The van der Waals surface area contributed by atoms with Crippen LogP contribution in [-0.2, 0) is 0 Å². The van der Waals surface area contributed by atoms with E-state index in [0.717, 1.165) is 6.07 Å². The predicted molar refractivity (Wildman–Crippen MR) is 52.6 cm³/mol. The Labute approximate surface area is 82.6 Å². The summed E-state index contributed by atoms with van der Waals surface area (Å²) in [5.74, 6) is -1.08. The Balaban J connectivity index is 3.27. The van der Waals surface area contributed by atoms with E-state index in [0.29, 0.717) is 5.69 Å². The molecule has 78 valence electrons. The highest BCUT2D eigenvalue weighted by Gasteiger charge is 2.15. The fourth-order valence-electron chi connectivity index (χ4n) is 1.19. The molecule has 0 atom stereocenters. The van der Waals surface area contributed by atoms with Crippen LogP contribution in [0, 0.1) is 11.6 Å². The lowest BCUT2D eigenvalue weighted by molar-refractivity contribution is 0.548. The molecule has 1 rings (SSSR count). The molecule has 0 aliphatic heterocycles. The maximum Gasteiger partial charge on any atom is 0.168 e. The lowest BCUT2D eigenvalue weighted by atomic mass is 10.1. The average molecular weight is 200 g/mol. The molecule has 0 fully saturated rings. The maximum absolute atomic E-state index is 13.2. The van der Waals surface area contributed by atoms with Crippen molar-refractivity contribution in [3.8, 4) is 0 Å². The minimum atomic E-state index is -0.628. The smallest absolute Gasteiger partial charge is 0.168 e. The summed E-state index contributed by atoms with van der Waals surface area (Å²) in [5.41, 5.74) is 0.301. The van der Waals surface area contributed by atoms with Crippen molar-refractivity contribution in [1.29, 1.82) is 0 Å². The second-order valence-corrected chi connectivity index (χ2v) is 3.71. The van der Waals surface area contributed by atoms with Crippen molar-refractivity contribution in [2.45, 2.75) is 19.8 Å². The highest BCUT2D eigenvalue weighted by molar-refractivity contribution is 5.40. The second-order valence-electron chi connectivity index (χ2n) is 3.71. The number of halogens is 2. The molecular weight excluding hydrogens is 186 g/mol. The van der Waals surface area contributed by atoms with Crippen LogP contribution in [0.15, 0.2) is 6.07 Å². The number of anilines is 1. The first-order valence-electron chi connectivity index (χ1n) is 4.46. The van der Waals surface area contributed by atoms with E-state index in [9.17, 15) is 8.78 Å². The van der Waals surface area contributed by atoms with Crippen LogP contribution in [0.2, 0.25) is 0 Å². The molecule has 0 bridgehead atoms. The van der Waals surface area contributed by atoms with Crippen LogP contribution in [0.4, 0.5) is 14.6 Å². The van der Waals surface area contributed by atoms with E-state index < -0.39 is 11.6 Å². The van der Waals surface area contributed by atoms with Gasteiger partial charge in [-0.05, 0) is 5.92 Å². The summed E-state index contributed by atoms with van der Waals surface area (Å²) in [6, 6.07) is 0.887. The summed E-state index contributed by atoms with van der Waals surface area (Å²) in [6.45, 7) is 3.64. The second kappa shape index (κ2) is 3.90. The van der Waals surface area contributed by atoms with E-state index in [2.05, 4.69) is 4.98 Å². The first kappa shape index (κ1) is 10.9. The molecule has 0 aromatic carbocycles. The van der Waals surface area contributed by atoms with Gasteiger partial charge in [-0.15, -0.1) is 0 Å². The van der Waals surface area contributed by atoms with Gasteiger partial charge in [-0.1, -0.05) is 13.8 Å². The third-order valence-corrected chi connectivity index (χ3v) is 1.91. The van der Waals surface area contributed by atoms with Crippen molar-refractivity contribution in [2.75, 3.05) is 19.0 Å². The third-order valence-electron chi connectivity index (χ3n) is 1.91. The van der Waals surface area contributed by atoms with E-state index in [1.54, 1.807) is 14.1 Å². The Morgan fingerprint density at radius 2 is 1.79 bits per heavy atom. The van der Waals surface area contributed by atoms with E-state index >= 15 is 0 Å². The molecule has 2 nitrogen and oxygen atoms in total. The fourth-order valence-corrected chi connectivity index (χ4v) is 1.19. The Hall–Kier alpha value is -1.19. The highest BCUT2D eigenvalue weighted by atomic mass is 19.1. The van der Waals surface area contributed by atoms with Gasteiger partial charge in [0.25, 0.3) is 0 Å². The maximum atomic E-state index is 13.2. The SMILES string of the molecule is CC(C)c1nc(N(C)C)c(F)cc1F. The van der Waals surface area contributed by atoms with Crippen molar-refractivity contribution >= 4 is 5.82 Å². The molecule has 0 saturated heterocycles. The van der Waals surface area contributed by atoms with Gasteiger partial charge in [0.2, 0.25) is 0 Å². The molecule has 1 aromatic heterocycles. The molecule has 0 spiro atoms. The van der Waals surface area contributed by atoms with Crippen LogP contribution < -0.4 is 4.90 Å². The average Bonchev–Trinajstić information content (AvgIpc) is 2.02. The molecule has 0 saturated carbocycles. The lowest BCUT2D eigenvalue weighted by Gasteiger charge is -2.15. The minimum absolute atomic E-state index is 0.0469. The Morgan fingerprint density at radius 1 is 1.21 bits per heavy atom. The zero-order valence-corrected chi connectivity index (χ0v) is 8.81. The molecular formula is C10H14F2N2. The molecule has 1 heterocycles. The Bertz CT molecular complexity index is 306. The van der Waals surface area contributed by atoms with Gasteiger partial charge in [-0.3, -0.25) is 0 Å². The van der Waals surface area contributed by atoms with E-state index in [-0.39, 0.29) is 11.7 Å². The van der Waals surface area contributed by atoms with Gasteiger partial charge in [0.15, 0.2) is 11.6 Å². The van der Waals surface area contributed by atoms with Crippen molar-refractivity contribution in [3.05, 3.63) is 23.4 Å². The fraction of sp³-hybridized carbons (Fsp3) is 0.500. The summed E-state index contributed by atoms with van der Waals surface area (Å²) >= 11 is 0. The highest BCUT2D eigenvalue weighted by Crippen LogP contribution is 2.22. The van der Waals surface area contributed by atoms with Gasteiger partial charge in [0.1, 0.15) is 5.82 Å². The molecule has 0 aliphatic carbocycles. The summed E-state index contributed by atoms with van der Waals surface area (Å²) in [5, 5.41) is 0. The van der Waals surface area contributed by atoms with Crippen LogP contribution in [0.1, 0.15) is 25.5 Å². The van der Waals surface area contributed by atoms with Crippen molar-refractivity contribution in [3.63, 3.8) is 0 Å². The Morgan fingerprint density at radius 3 is 2.21 bits per heavy atom. The molecule has 14 heavy (non-hydrogen) atoms. The molecule has 0 unspecified atom stereocenters. The lowest BCUT2D eigenvalue weighted by Crippen LogP contribution is -2.15. The van der Waals surface area contributed by atoms with Crippen LogP contribution in [0.25, 0.3) is 0 Å². The monoisotopic (exact) mass is 200 g/mol. The van der Waals surface area contributed by atoms with E-state index in [1.807, 2.05) is 13.8 Å². The summed E-state index contributed by atoms with van der Waals surface area (Å²) < 4.78 is 26.4. The van der Waals surface area contributed by atoms with Crippen LogP contribution in [0.3, 0.4) is 0 Å². The number of rotatable bonds is 2. The van der Waals surface area contributed by atoms with Crippen LogP contribution >= 0.6 is 0 Å². The molecule has 0 N–H and O–H groups in total. The normalized spacial score (nSPS) is 10.8. The number of pyridine rings is 1. The van der Waals surface area contributed by atoms with Gasteiger partial charge in [-0.25, -0.2) is 13.8 Å². The first-order chi connectivity index (χ1) is 6.43. The minimum Gasteiger partial charge on any atom is -0.360 e. The third kappa shape index (κ3) is 2.00. The van der Waals surface area contributed by atoms with Gasteiger partial charge in [-0.2, -0.15) is 0 Å². The largest absolute Gasteiger partial charge is 0.360 e. The summed E-state index contributed by atoms with van der Waals surface area (Å²) in [4.78, 5) is 5.48. The predicted octanol–water partition coefficient (Wildman–Crippen LogP) is 2.55. The zero-order chi connectivity index (χ0) is 10.9. The first-order valence-corrected chi connectivity index (χ1v) is 4.46. The zero-order valence-electron chi connectivity index (χ0n) is 8.81. The van der Waals surface area contributed by atoms with Crippen molar-refractivity contribution < 1.29 is 8.78 Å². The van der Waals surface area contributed by atoms with Gasteiger partial charge < -0.3 is 4.90 Å². The molecule has 1 aromatic rings. The molecule has 0 radical (unpaired) electrons. The molecule has 0 amide bonds. The number of hydrogen-bond donors (Lipinski definition) is 0. The van der Waals surface area contributed by atoms with Gasteiger partial charge in [0.05, 0.1) is 5.69 Å². The number of hydrogen-bond acceptors (Lipinski definition) is 2.